The molecule has 1 amide bonds. The quantitative estimate of drug-likeness (QED) is 0.450. The van der Waals surface area contributed by atoms with Gasteiger partial charge < -0.3 is 4.90 Å². The molecule has 0 radical (unpaired) electrons. The van der Waals surface area contributed by atoms with E-state index in [1.807, 2.05) is 30.3 Å². The lowest BCUT2D eigenvalue weighted by atomic mass is 9.88. The van der Waals surface area contributed by atoms with E-state index in [9.17, 15) is 18.4 Å². The number of carbonyl (C=O) groups excluding carboxylic acids is 2. The highest BCUT2D eigenvalue weighted by Gasteiger charge is 2.35. The van der Waals surface area contributed by atoms with E-state index in [-0.39, 0.29) is 35.8 Å². The van der Waals surface area contributed by atoms with Crippen molar-refractivity contribution in [2.24, 2.45) is 0 Å². The smallest absolute Gasteiger partial charge is 0.223 e. The van der Waals surface area contributed by atoms with Gasteiger partial charge in [-0.3, -0.25) is 9.59 Å². The molecule has 1 aliphatic rings. The highest BCUT2D eigenvalue weighted by molar-refractivity contribution is 6.16. The van der Waals surface area contributed by atoms with Crippen LogP contribution in [0.3, 0.4) is 0 Å². The number of hydrogen-bond donors (Lipinski definition) is 0. The first-order chi connectivity index (χ1) is 16.4. The number of halogens is 2. The molecule has 172 valence electrons. The molecule has 0 spiro atoms. The third kappa shape index (κ3) is 5.20. The van der Waals surface area contributed by atoms with Crippen LogP contribution in [0.5, 0.6) is 0 Å². The molecule has 0 bridgehead atoms. The van der Waals surface area contributed by atoms with Crippen LogP contribution in [0.4, 0.5) is 8.78 Å². The zero-order chi connectivity index (χ0) is 24.1. The van der Waals surface area contributed by atoms with Crippen molar-refractivity contribution in [2.75, 3.05) is 6.54 Å². The lowest BCUT2D eigenvalue weighted by Crippen LogP contribution is -2.47. The summed E-state index contributed by atoms with van der Waals surface area (Å²) in [7, 11) is 0. The van der Waals surface area contributed by atoms with Crippen molar-refractivity contribution in [3.8, 4) is 0 Å². The van der Waals surface area contributed by atoms with Crippen LogP contribution in [0.25, 0.3) is 12.2 Å². The minimum absolute atomic E-state index is 0.0660. The largest absolute Gasteiger partial charge is 0.331 e. The van der Waals surface area contributed by atoms with E-state index in [0.29, 0.717) is 17.6 Å². The molecule has 1 unspecified atom stereocenters. The molecular weight excluding hydrogens is 432 g/mol. The monoisotopic (exact) mass is 457 g/mol. The zero-order valence-electron chi connectivity index (χ0n) is 18.9. The molecule has 3 aromatic carbocycles. The Kier molecular flexibility index (Phi) is 7.12. The van der Waals surface area contributed by atoms with Gasteiger partial charge in [-0.05, 0) is 43.2 Å². The van der Waals surface area contributed by atoms with E-state index in [2.05, 4.69) is 0 Å². The molecule has 4 rings (SSSR count). The van der Waals surface area contributed by atoms with Crippen molar-refractivity contribution in [2.45, 2.75) is 25.8 Å². The number of amides is 1. The van der Waals surface area contributed by atoms with Crippen LogP contribution in [-0.4, -0.2) is 29.2 Å². The van der Waals surface area contributed by atoms with Gasteiger partial charge in [0.15, 0.2) is 5.78 Å². The Morgan fingerprint density at radius 1 is 0.882 bits per heavy atom. The van der Waals surface area contributed by atoms with Gasteiger partial charge in [-0.25, -0.2) is 8.78 Å². The summed E-state index contributed by atoms with van der Waals surface area (Å²) in [5, 5.41) is 0. The maximum Gasteiger partial charge on any atom is 0.223 e. The Morgan fingerprint density at radius 2 is 1.44 bits per heavy atom. The number of likely N-dealkylation sites (tertiary alicyclic amines) is 1. The lowest BCUT2D eigenvalue weighted by molar-refractivity contribution is -0.133. The second-order valence-electron chi connectivity index (χ2n) is 8.32. The SMILES string of the molecule is CC1/C(=C\c2ccccc2F)C(=O)/C(=C/c2ccccc2F)CN1C(=O)CCc1ccccc1. The fourth-order valence-electron chi connectivity index (χ4n) is 4.12. The van der Waals surface area contributed by atoms with Crippen molar-refractivity contribution in [3.05, 3.63) is 118 Å². The fraction of sp³-hybridized carbons (Fsp3) is 0.172. The van der Waals surface area contributed by atoms with Crippen LogP contribution in [0.2, 0.25) is 0 Å². The first-order valence-electron chi connectivity index (χ1n) is 11.2. The van der Waals surface area contributed by atoms with Gasteiger partial charge in [-0.2, -0.15) is 0 Å². The van der Waals surface area contributed by atoms with E-state index in [1.54, 1.807) is 48.2 Å². The second-order valence-corrected chi connectivity index (χ2v) is 8.32. The predicted molar refractivity (Wildman–Crippen MR) is 130 cm³/mol. The standard InChI is InChI=1S/C29H25F2NO2/c1-20-25(18-23-12-6-8-14-27(23)31)29(34)24(17-22-11-5-7-13-26(22)30)19-32(20)28(33)16-15-21-9-3-2-4-10-21/h2-14,17-18,20H,15-16,19H2,1H3/b24-17+,25-18+. The van der Waals surface area contributed by atoms with Gasteiger partial charge in [0.2, 0.25) is 5.91 Å². The summed E-state index contributed by atoms with van der Waals surface area (Å²) >= 11 is 0. The summed E-state index contributed by atoms with van der Waals surface area (Å²) in [4.78, 5) is 28.2. The number of Topliss-reactive ketones (excluding diaryl/α,β-unsaturated/α-hetero) is 1. The van der Waals surface area contributed by atoms with Crippen LogP contribution in [0, 0.1) is 11.6 Å². The summed E-state index contributed by atoms with van der Waals surface area (Å²) in [6.07, 6.45) is 3.81. The van der Waals surface area contributed by atoms with Gasteiger partial charge in [0.1, 0.15) is 11.6 Å². The number of rotatable bonds is 5. The molecule has 1 aliphatic heterocycles. The van der Waals surface area contributed by atoms with E-state index in [0.717, 1.165) is 5.56 Å². The highest BCUT2D eigenvalue weighted by Crippen LogP contribution is 2.29. The van der Waals surface area contributed by atoms with Crippen LogP contribution in [0.1, 0.15) is 30.0 Å². The number of nitrogens with zero attached hydrogens (tertiary/aromatic N) is 1. The maximum atomic E-state index is 14.4. The Balaban J connectivity index is 1.69. The third-order valence-electron chi connectivity index (χ3n) is 6.05. The first kappa shape index (κ1) is 23.3. The summed E-state index contributed by atoms with van der Waals surface area (Å²) < 4.78 is 28.7. The molecule has 0 saturated carbocycles. The first-order valence-corrected chi connectivity index (χ1v) is 11.2. The number of carbonyl (C=O) groups is 2. The van der Waals surface area contributed by atoms with Crippen molar-refractivity contribution in [1.29, 1.82) is 0 Å². The maximum absolute atomic E-state index is 14.4. The average molecular weight is 458 g/mol. The number of hydrogen-bond acceptors (Lipinski definition) is 2. The Morgan fingerprint density at radius 3 is 2.06 bits per heavy atom. The van der Waals surface area contributed by atoms with Gasteiger partial charge in [-0.1, -0.05) is 66.7 Å². The average Bonchev–Trinajstić information content (AvgIpc) is 2.85. The molecule has 1 heterocycles. The molecule has 5 heteroatoms. The molecule has 3 nitrogen and oxygen atoms in total. The summed E-state index contributed by atoms with van der Waals surface area (Å²) in [5.41, 5.74) is 2.16. The highest BCUT2D eigenvalue weighted by atomic mass is 19.1. The molecule has 1 fully saturated rings. The summed E-state index contributed by atoms with van der Waals surface area (Å²) in [5.74, 6) is -1.35. The fourth-order valence-corrected chi connectivity index (χ4v) is 4.12. The minimum Gasteiger partial charge on any atom is -0.331 e. The van der Waals surface area contributed by atoms with Crippen molar-refractivity contribution in [3.63, 3.8) is 0 Å². The predicted octanol–water partition coefficient (Wildman–Crippen LogP) is 5.86. The van der Waals surface area contributed by atoms with Crippen LogP contribution in [-0.2, 0) is 16.0 Å². The summed E-state index contributed by atoms with van der Waals surface area (Å²) in [6, 6.07) is 21.5. The molecular formula is C29H25F2NO2. The van der Waals surface area contributed by atoms with E-state index >= 15 is 0 Å². The number of aryl methyl sites for hydroxylation is 1. The number of ketones is 1. The van der Waals surface area contributed by atoms with Crippen molar-refractivity contribution in [1.82, 2.24) is 4.90 Å². The zero-order valence-corrected chi connectivity index (χ0v) is 18.9. The topological polar surface area (TPSA) is 37.4 Å². The molecule has 0 aromatic heterocycles. The van der Waals surface area contributed by atoms with Crippen molar-refractivity contribution >= 4 is 23.8 Å². The number of piperidine rings is 1. The van der Waals surface area contributed by atoms with Gasteiger partial charge in [0.25, 0.3) is 0 Å². The molecule has 1 atom stereocenters. The number of benzene rings is 3. The third-order valence-corrected chi connectivity index (χ3v) is 6.05. The molecule has 3 aromatic rings. The summed E-state index contributed by atoms with van der Waals surface area (Å²) in [6.45, 7) is 1.83. The lowest BCUT2D eigenvalue weighted by Gasteiger charge is -2.36. The van der Waals surface area contributed by atoms with Gasteiger partial charge in [0.05, 0.1) is 12.6 Å². The van der Waals surface area contributed by atoms with Crippen molar-refractivity contribution < 1.29 is 18.4 Å². The Bertz CT molecular complexity index is 1260. The molecule has 1 saturated heterocycles. The van der Waals surface area contributed by atoms with E-state index in [1.165, 1.54) is 24.3 Å². The molecule has 0 N–H and O–H groups in total. The van der Waals surface area contributed by atoms with E-state index in [4.69, 9.17) is 0 Å². The minimum atomic E-state index is -0.548. The Labute approximate surface area is 198 Å². The van der Waals surface area contributed by atoms with Crippen LogP contribution < -0.4 is 0 Å². The van der Waals surface area contributed by atoms with Gasteiger partial charge in [0, 0.05) is 28.7 Å². The van der Waals surface area contributed by atoms with Crippen LogP contribution in [0.15, 0.2) is 90.0 Å². The normalized spacial score (nSPS) is 18.5. The van der Waals surface area contributed by atoms with E-state index < -0.39 is 17.7 Å². The van der Waals surface area contributed by atoms with Crippen LogP contribution >= 0.6 is 0 Å². The Hall–Kier alpha value is -3.86. The van der Waals surface area contributed by atoms with Gasteiger partial charge in [-0.15, -0.1) is 0 Å². The van der Waals surface area contributed by atoms with Gasteiger partial charge >= 0.3 is 0 Å². The molecule has 0 aliphatic carbocycles. The molecule has 34 heavy (non-hydrogen) atoms. The second kappa shape index (κ2) is 10.4.